The van der Waals surface area contributed by atoms with Crippen LogP contribution >= 0.6 is 0 Å². The van der Waals surface area contributed by atoms with E-state index in [9.17, 15) is 4.79 Å². The molecule has 1 N–H and O–H groups in total. The zero-order valence-corrected chi connectivity index (χ0v) is 20.3. The zero-order chi connectivity index (χ0) is 24.6. The number of fused-ring (bicyclic) bond motifs is 3. The van der Waals surface area contributed by atoms with Gasteiger partial charge in [-0.15, -0.1) is 10.2 Å². The number of benzene rings is 3. The summed E-state index contributed by atoms with van der Waals surface area (Å²) in [7, 11) is 0. The zero-order valence-electron chi connectivity index (χ0n) is 20.3. The van der Waals surface area contributed by atoms with Crippen LogP contribution in [0.25, 0.3) is 16.7 Å². The lowest BCUT2D eigenvalue weighted by atomic mass is 10.1. The fourth-order valence-electron chi connectivity index (χ4n) is 4.97. The Bertz CT molecular complexity index is 1580. The Morgan fingerprint density at radius 1 is 1.00 bits per heavy atom. The Morgan fingerprint density at radius 2 is 1.86 bits per heavy atom. The van der Waals surface area contributed by atoms with Crippen LogP contribution in [0.4, 0.5) is 17.2 Å². The maximum atomic E-state index is 13.4. The van der Waals surface area contributed by atoms with Crippen molar-refractivity contribution in [2.45, 2.75) is 19.9 Å². The Morgan fingerprint density at radius 3 is 2.72 bits per heavy atom. The van der Waals surface area contributed by atoms with Gasteiger partial charge in [-0.1, -0.05) is 30.3 Å². The summed E-state index contributed by atoms with van der Waals surface area (Å²) < 4.78 is 1.91. The van der Waals surface area contributed by atoms with Crippen molar-refractivity contribution in [1.82, 2.24) is 24.5 Å². The van der Waals surface area contributed by atoms with Crippen LogP contribution < -0.4 is 10.2 Å². The largest absolute Gasteiger partial charge is 0.365 e. The number of rotatable bonds is 4. The van der Waals surface area contributed by atoms with Crippen molar-refractivity contribution >= 4 is 39.8 Å². The molecule has 8 heteroatoms. The summed E-state index contributed by atoms with van der Waals surface area (Å²) in [5.41, 5.74) is 6.28. The number of carbonyl (C=O) groups excluding carboxylic acids is 1. The number of piperazine rings is 1. The summed E-state index contributed by atoms with van der Waals surface area (Å²) in [6, 6.07) is 24.2. The molecule has 0 aliphatic carbocycles. The second-order valence-corrected chi connectivity index (χ2v) is 9.31. The lowest BCUT2D eigenvalue weighted by molar-refractivity contribution is 0.0726. The highest BCUT2D eigenvalue weighted by Crippen LogP contribution is 2.25. The van der Waals surface area contributed by atoms with Crippen molar-refractivity contribution in [3.05, 3.63) is 90.3 Å². The molecule has 180 valence electrons. The highest BCUT2D eigenvalue weighted by molar-refractivity contribution is 5.95. The van der Waals surface area contributed by atoms with Crippen LogP contribution in [0.3, 0.4) is 0 Å². The molecule has 1 aliphatic heterocycles. The molecule has 3 aromatic carbocycles. The standard InChI is InChI=1S/C28H27N7O/c1-19-7-5-10-23(15-19)34-14-13-33(17-20(34)2)28(36)21-8-6-9-22(16-21)30-26-27-32-29-18-35(27)25-12-4-3-11-24(25)31-26/h3-12,15-16,18,20H,13-14,17H2,1-2H3,(H,30,31)/t20-/m0/s1. The summed E-state index contributed by atoms with van der Waals surface area (Å²) in [6.45, 7) is 6.45. The van der Waals surface area contributed by atoms with Gasteiger partial charge in [-0.25, -0.2) is 4.98 Å². The van der Waals surface area contributed by atoms with E-state index in [2.05, 4.69) is 58.5 Å². The van der Waals surface area contributed by atoms with Crippen molar-refractivity contribution in [3.63, 3.8) is 0 Å². The van der Waals surface area contributed by atoms with Gasteiger partial charge in [0.2, 0.25) is 5.65 Å². The number of amides is 1. The predicted molar refractivity (Wildman–Crippen MR) is 142 cm³/mol. The van der Waals surface area contributed by atoms with Gasteiger partial charge in [0.1, 0.15) is 6.33 Å². The van der Waals surface area contributed by atoms with E-state index in [0.717, 1.165) is 23.3 Å². The van der Waals surface area contributed by atoms with Crippen LogP contribution in [0.5, 0.6) is 0 Å². The maximum Gasteiger partial charge on any atom is 0.254 e. The third-order valence-corrected chi connectivity index (χ3v) is 6.75. The monoisotopic (exact) mass is 477 g/mol. The van der Waals surface area contributed by atoms with Crippen molar-refractivity contribution in [2.24, 2.45) is 0 Å². The number of carbonyl (C=O) groups is 1. The van der Waals surface area contributed by atoms with Gasteiger partial charge in [0.25, 0.3) is 5.91 Å². The molecule has 2 aromatic heterocycles. The lowest BCUT2D eigenvalue weighted by Crippen LogP contribution is -2.53. The molecule has 1 amide bonds. The molecule has 3 heterocycles. The quantitative estimate of drug-likeness (QED) is 0.405. The van der Waals surface area contributed by atoms with Crippen molar-refractivity contribution in [1.29, 1.82) is 0 Å². The van der Waals surface area contributed by atoms with Crippen LogP contribution in [0.1, 0.15) is 22.8 Å². The van der Waals surface area contributed by atoms with Gasteiger partial charge in [0.15, 0.2) is 5.82 Å². The van der Waals surface area contributed by atoms with Gasteiger partial charge in [0.05, 0.1) is 11.0 Å². The summed E-state index contributed by atoms with van der Waals surface area (Å²) >= 11 is 0. The molecular formula is C28H27N7O. The topological polar surface area (TPSA) is 78.7 Å². The molecule has 0 bridgehead atoms. The van der Waals surface area contributed by atoms with E-state index in [0.29, 0.717) is 30.1 Å². The molecule has 1 aliphatic rings. The number of para-hydroxylation sites is 2. The smallest absolute Gasteiger partial charge is 0.254 e. The van der Waals surface area contributed by atoms with Gasteiger partial charge in [-0.2, -0.15) is 0 Å². The third-order valence-electron chi connectivity index (χ3n) is 6.75. The van der Waals surface area contributed by atoms with Crippen LogP contribution in [-0.4, -0.2) is 56.1 Å². The van der Waals surface area contributed by atoms with Crippen molar-refractivity contribution in [2.75, 3.05) is 29.9 Å². The van der Waals surface area contributed by atoms with Crippen molar-refractivity contribution < 1.29 is 4.79 Å². The fraction of sp³-hybridized carbons (Fsp3) is 0.214. The number of aryl methyl sites for hydroxylation is 1. The lowest BCUT2D eigenvalue weighted by Gasteiger charge is -2.41. The van der Waals surface area contributed by atoms with E-state index in [1.165, 1.54) is 11.3 Å². The van der Waals surface area contributed by atoms with E-state index in [1.807, 2.05) is 57.8 Å². The van der Waals surface area contributed by atoms with Gasteiger partial charge >= 0.3 is 0 Å². The molecule has 0 saturated carbocycles. The van der Waals surface area contributed by atoms with E-state index in [1.54, 1.807) is 6.33 Å². The number of nitrogens with one attached hydrogen (secondary N) is 1. The summed E-state index contributed by atoms with van der Waals surface area (Å²) in [4.78, 5) is 22.5. The second-order valence-electron chi connectivity index (χ2n) is 9.31. The van der Waals surface area contributed by atoms with Crippen molar-refractivity contribution in [3.8, 4) is 0 Å². The number of nitrogens with zero attached hydrogens (tertiary/aromatic N) is 6. The summed E-state index contributed by atoms with van der Waals surface area (Å²) in [6.07, 6.45) is 1.68. The third kappa shape index (κ3) is 4.00. The molecule has 1 atom stereocenters. The molecule has 8 nitrogen and oxygen atoms in total. The first-order valence-electron chi connectivity index (χ1n) is 12.1. The molecule has 0 unspecified atom stereocenters. The number of hydrogen-bond donors (Lipinski definition) is 1. The predicted octanol–water partition coefficient (Wildman–Crippen LogP) is 4.68. The van der Waals surface area contributed by atoms with Crippen LogP contribution in [0.15, 0.2) is 79.1 Å². The molecule has 1 fully saturated rings. The summed E-state index contributed by atoms with van der Waals surface area (Å²) in [5.74, 6) is 0.629. The second kappa shape index (κ2) is 8.96. The molecule has 0 spiro atoms. The highest BCUT2D eigenvalue weighted by atomic mass is 16.2. The Labute approximate surface area is 209 Å². The van der Waals surface area contributed by atoms with E-state index < -0.39 is 0 Å². The van der Waals surface area contributed by atoms with Crippen LogP contribution in [0, 0.1) is 6.92 Å². The molecular weight excluding hydrogens is 450 g/mol. The minimum Gasteiger partial charge on any atom is -0.365 e. The van der Waals surface area contributed by atoms with Gasteiger partial charge in [-0.3, -0.25) is 9.20 Å². The van der Waals surface area contributed by atoms with Gasteiger partial charge < -0.3 is 15.1 Å². The molecule has 1 saturated heterocycles. The van der Waals surface area contributed by atoms with Crippen LogP contribution in [-0.2, 0) is 0 Å². The first-order valence-corrected chi connectivity index (χ1v) is 12.1. The first kappa shape index (κ1) is 22.0. The Balaban J connectivity index is 1.22. The van der Waals surface area contributed by atoms with E-state index >= 15 is 0 Å². The molecule has 0 radical (unpaired) electrons. The Hall–Kier alpha value is -4.46. The molecule has 36 heavy (non-hydrogen) atoms. The summed E-state index contributed by atoms with van der Waals surface area (Å²) in [5, 5.41) is 11.7. The molecule has 5 aromatic rings. The van der Waals surface area contributed by atoms with Crippen LogP contribution in [0.2, 0.25) is 0 Å². The SMILES string of the molecule is Cc1cccc(N2CCN(C(=O)c3cccc(Nc4nc5ccccc5n5cnnc45)c3)C[C@@H]2C)c1. The highest BCUT2D eigenvalue weighted by Gasteiger charge is 2.27. The number of aromatic nitrogens is 4. The minimum absolute atomic E-state index is 0.0356. The van der Waals surface area contributed by atoms with E-state index in [4.69, 9.17) is 4.98 Å². The first-order chi connectivity index (χ1) is 17.6. The van der Waals surface area contributed by atoms with E-state index in [-0.39, 0.29) is 11.9 Å². The van der Waals surface area contributed by atoms with Gasteiger partial charge in [-0.05, 0) is 61.9 Å². The normalized spacial score (nSPS) is 16.0. The number of hydrogen-bond acceptors (Lipinski definition) is 6. The fourth-order valence-corrected chi connectivity index (χ4v) is 4.97. The Kier molecular flexibility index (Phi) is 5.48. The number of anilines is 3. The molecule has 6 rings (SSSR count). The minimum atomic E-state index is 0.0356. The average Bonchev–Trinajstić information content (AvgIpc) is 3.39. The van der Waals surface area contributed by atoms with Gasteiger partial charge in [0, 0.05) is 42.6 Å². The average molecular weight is 478 g/mol. The maximum absolute atomic E-state index is 13.4.